The number of nitrogens with zero attached hydrogens (tertiary/aromatic N) is 1. The van der Waals surface area contributed by atoms with Gasteiger partial charge in [0.15, 0.2) is 0 Å². The Morgan fingerprint density at radius 2 is 1.68 bits per heavy atom. The molecule has 0 saturated heterocycles. The Hall–Kier alpha value is -3.86. The second kappa shape index (κ2) is 7.80. The number of urea groups is 1. The molecule has 138 valence electrons. The molecule has 4 aromatic rings. The quantitative estimate of drug-likeness (QED) is 0.386. The van der Waals surface area contributed by atoms with Crippen LogP contribution < -0.4 is 15.5 Å². The van der Waals surface area contributed by atoms with Crippen molar-refractivity contribution in [3.8, 4) is 5.75 Å². The van der Waals surface area contributed by atoms with Crippen LogP contribution in [0, 0.1) is 0 Å². The Bertz CT molecular complexity index is 1180. The summed E-state index contributed by atoms with van der Waals surface area (Å²) in [5.74, 6) is 0.820. The average molecular weight is 369 g/mol. The van der Waals surface area contributed by atoms with Gasteiger partial charge in [-0.2, -0.15) is 5.10 Å². The molecule has 0 bridgehead atoms. The highest BCUT2D eigenvalue weighted by Gasteiger charge is 2.04. The first-order valence-corrected chi connectivity index (χ1v) is 8.88. The number of anilines is 1. The molecular formula is C23H19N3O2. The van der Waals surface area contributed by atoms with Crippen LogP contribution in [0.1, 0.15) is 5.56 Å². The Kier molecular flexibility index (Phi) is 4.89. The van der Waals surface area contributed by atoms with Gasteiger partial charge in [-0.3, -0.25) is 0 Å². The van der Waals surface area contributed by atoms with Crippen molar-refractivity contribution in [3.05, 3.63) is 84.4 Å². The molecule has 0 heterocycles. The number of hydrogen-bond donors (Lipinski definition) is 2. The molecule has 0 atom stereocenters. The standard InChI is InChI=1S/C23H19N3O2/c1-28-20-12-11-18-13-16(9-10-19(18)14-20)15-24-26-23(27)25-22-8-4-6-17-5-2-3-7-21(17)22/h2-15H,1H3,(H2,25,26,27)/b24-15+. The number of carbonyl (C=O) groups is 1. The number of ether oxygens (including phenoxy) is 1. The Balaban J connectivity index is 1.44. The lowest BCUT2D eigenvalue weighted by Gasteiger charge is -2.08. The molecule has 4 aromatic carbocycles. The van der Waals surface area contributed by atoms with Gasteiger partial charge in [-0.15, -0.1) is 0 Å². The van der Waals surface area contributed by atoms with Crippen LogP contribution in [-0.4, -0.2) is 19.4 Å². The number of rotatable bonds is 4. The predicted molar refractivity (Wildman–Crippen MR) is 114 cm³/mol. The van der Waals surface area contributed by atoms with Gasteiger partial charge < -0.3 is 10.1 Å². The van der Waals surface area contributed by atoms with Gasteiger partial charge in [0.25, 0.3) is 0 Å². The summed E-state index contributed by atoms with van der Waals surface area (Å²) >= 11 is 0. The highest BCUT2D eigenvalue weighted by molar-refractivity contribution is 6.01. The number of amides is 2. The number of carbonyl (C=O) groups excluding carboxylic acids is 1. The fraction of sp³-hybridized carbons (Fsp3) is 0.0435. The number of fused-ring (bicyclic) bond motifs is 2. The highest BCUT2D eigenvalue weighted by Crippen LogP contribution is 2.23. The molecule has 0 spiro atoms. The number of benzene rings is 4. The maximum Gasteiger partial charge on any atom is 0.339 e. The minimum absolute atomic E-state index is 0.391. The molecule has 2 N–H and O–H groups in total. The van der Waals surface area contributed by atoms with E-state index < -0.39 is 6.03 Å². The van der Waals surface area contributed by atoms with E-state index in [1.165, 1.54) is 0 Å². The highest BCUT2D eigenvalue weighted by atomic mass is 16.5. The Morgan fingerprint density at radius 1 is 0.893 bits per heavy atom. The monoisotopic (exact) mass is 369 g/mol. The van der Waals surface area contributed by atoms with Gasteiger partial charge in [0.05, 0.1) is 19.0 Å². The summed E-state index contributed by atoms with van der Waals surface area (Å²) in [5, 5.41) is 11.1. The molecular weight excluding hydrogens is 350 g/mol. The van der Waals surface area contributed by atoms with Crippen molar-refractivity contribution in [1.29, 1.82) is 0 Å². The lowest BCUT2D eigenvalue weighted by atomic mass is 10.1. The van der Waals surface area contributed by atoms with E-state index in [2.05, 4.69) is 15.8 Å². The third kappa shape index (κ3) is 3.78. The van der Waals surface area contributed by atoms with E-state index in [1.54, 1.807) is 13.3 Å². The van der Waals surface area contributed by atoms with Gasteiger partial charge in [0.2, 0.25) is 0 Å². The second-order valence-corrected chi connectivity index (χ2v) is 6.32. The van der Waals surface area contributed by atoms with Crippen molar-refractivity contribution in [2.75, 3.05) is 12.4 Å². The van der Waals surface area contributed by atoms with E-state index in [4.69, 9.17) is 4.74 Å². The maximum absolute atomic E-state index is 12.2. The first-order valence-electron chi connectivity index (χ1n) is 8.88. The minimum atomic E-state index is -0.391. The summed E-state index contributed by atoms with van der Waals surface area (Å²) < 4.78 is 5.24. The van der Waals surface area contributed by atoms with E-state index >= 15 is 0 Å². The van der Waals surface area contributed by atoms with Crippen LogP contribution in [0.3, 0.4) is 0 Å². The minimum Gasteiger partial charge on any atom is -0.497 e. The summed E-state index contributed by atoms with van der Waals surface area (Å²) in [6.07, 6.45) is 1.62. The fourth-order valence-electron chi connectivity index (χ4n) is 3.10. The third-order valence-corrected chi connectivity index (χ3v) is 4.49. The lowest BCUT2D eigenvalue weighted by molar-refractivity contribution is 0.252. The Morgan fingerprint density at radius 3 is 2.57 bits per heavy atom. The van der Waals surface area contributed by atoms with Crippen molar-refractivity contribution in [3.63, 3.8) is 0 Å². The predicted octanol–water partition coefficient (Wildman–Crippen LogP) is 5.16. The molecule has 5 heteroatoms. The SMILES string of the molecule is COc1ccc2cc(/C=N/NC(=O)Nc3cccc4ccccc34)ccc2c1. The van der Waals surface area contributed by atoms with Crippen LogP contribution in [0.25, 0.3) is 21.5 Å². The van der Waals surface area contributed by atoms with Crippen molar-refractivity contribution in [2.45, 2.75) is 0 Å². The van der Waals surface area contributed by atoms with E-state index in [0.717, 1.165) is 38.5 Å². The molecule has 0 aromatic heterocycles. The first kappa shape index (κ1) is 17.5. The summed E-state index contributed by atoms with van der Waals surface area (Å²) in [4.78, 5) is 12.2. The van der Waals surface area contributed by atoms with Gasteiger partial charge in [-0.25, -0.2) is 10.2 Å². The molecule has 2 amide bonds. The van der Waals surface area contributed by atoms with Crippen LogP contribution in [-0.2, 0) is 0 Å². The summed E-state index contributed by atoms with van der Waals surface area (Å²) in [6, 6.07) is 25.1. The summed E-state index contributed by atoms with van der Waals surface area (Å²) in [6.45, 7) is 0. The van der Waals surface area contributed by atoms with E-state index in [0.29, 0.717) is 0 Å². The van der Waals surface area contributed by atoms with Crippen LogP contribution >= 0.6 is 0 Å². The van der Waals surface area contributed by atoms with Crippen molar-refractivity contribution < 1.29 is 9.53 Å². The zero-order chi connectivity index (χ0) is 19.3. The lowest BCUT2D eigenvalue weighted by Crippen LogP contribution is -2.24. The first-order chi connectivity index (χ1) is 13.7. The number of hydrazone groups is 1. The number of methoxy groups -OCH3 is 1. The number of hydrogen-bond acceptors (Lipinski definition) is 3. The largest absolute Gasteiger partial charge is 0.497 e. The molecule has 4 rings (SSSR count). The van der Waals surface area contributed by atoms with Crippen molar-refractivity contribution in [2.24, 2.45) is 5.10 Å². The van der Waals surface area contributed by atoms with Gasteiger partial charge in [-0.05, 0) is 46.0 Å². The zero-order valence-electron chi connectivity index (χ0n) is 15.3. The molecule has 5 nitrogen and oxygen atoms in total. The molecule has 0 aliphatic heterocycles. The molecule has 0 aliphatic rings. The maximum atomic E-state index is 12.2. The van der Waals surface area contributed by atoms with Gasteiger partial charge in [-0.1, -0.05) is 54.6 Å². The summed E-state index contributed by atoms with van der Waals surface area (Å²) in [7, 11) is 1.65. The topological polar surface area (TPSA) is 62.7 Å². The molecule has 0 fully saturated rings. The zero-order valence-corrected chi connectivity index (χ0v) is 15.3. The van der Waals surface area contributed by atoms with E-state index in [1.807, 2.05) is 78.9 Å². The van der Waals surface area contributed by atoms with Crippen LogP contribution in [0.15, 0.2) is 84.0 Å². The van der Waals surface area contributed by atoms with Crippen LogP contribution in [0.5, 0.6) is 5.75 Å². The van der Waals surface area contributed by atoms with Crippen molar-refractivity contribution >= 4 is 39.5 Å². The van der Waals surface area contributed by atoms with Gasteiger partial charge >= 0.3 is 6.03 Å². The van der Waals surface area contributed by atoms with E-state index in [-0.39, 0.29) is 0 Å². The van der Waals surface area contributed by atoms with Gasteiger partial charge in [0, 0.05) is 5.39 Å². The van der Waals surface area contributed by atoms with Crippen LogP contribution in [0.2, 0.25) is 0 Å². The van der Waals surface area contributed by atoms with Gasteiger partial charge in [0.1, 0.15) is 5.75 Å². The molecule has 0 saturated carbocycles. The molecule has 0 radical (unpaired) electrons. The third-order valence-electron chi connectivity index (χ3n) is 4.49. The molecule has 0 unspecified atom stereocenters. The smallest absolute Gasteiger partial charge is 0.339 e. The average Bonchev–Trinajstić information content (AvgIpc) is 2.73. The van der Waals surface area contributed by atoms with E-state index in [9.17, 15) is 4.79 Å². The van der Waals surface area contributed by atoms with Crippen molar-refractivity contribution in [1.82, 2.24) is 5.43 Å². The molecule has 28 heavy (non-hydrogen) atoms. The number of nitrogens with one attached hydrogen (secondary N) is 2. The normalized spacial score (nSPS) is 11.0. The Labute approximate surface area is 162 Å². The fourth-order valence-corrected chi connectivity index (χ4v) is 3.10. The second-order valence-electron chi connectivity index (χ2n) is 6.32. The molecule has 0 aliphatic carbocycles. The summed E-state index contributed by atoms with van der Waals surface area (Å²) in [5.41, 5.74) is 4.14. The van der Waals surface area contributed by atoms with Crippen LogP contribution in [0.4, 0.5) is 10.5 Å².